The first-order chi connectivity index (χ1) is 4.26. The number of aldehydes is 1. The first-order valence-electron chi connectivity index (χ1n) is 2.36. The smallest absolute Gasteiger partial charge is 0.207 e. The Kier molecular flexibility index (Phi) is 3.39. The molecular formula is C6H8O3. The molecule has 0 saturated heterocycles. The molecule has 0 radical (unpaired) electrons. The van der Waals surface area contributed by atoms with Crippen LogP contribution in [0.1, 0.15) is 6.92 Å². The normalized spacial score (nSPS) is 11.8. The van der Waals surface area contributed by atoms with Crippen LogP contribution in [0, 0.1) is 0 Å². The van der Waals surface area contributed by atoms with Gasteiger partial charge in [-0.15, -0.1) is 0 Å². The molecule has 50 valence electrons. The molecule has 0 heterocycles. The molecule has 0 aromatic heterocycles. The minimum absolute atomic E-state index is 0.106. The van der Waals surface area contributed by atoms with Gasteiger partial charge in [-0.25, -0.2) is 5.26 Å². The quantitative estimate of drug-likeness (QED) is 0.155. The van der Waals surface area contributed by atoms with Crippen molar-refractivity contribution in [2.75, 3.05) is 0 Å². The zero-order valence-corrected chi connectivity index (χ0v) is 5.13. The lowest BCUT2D eigenvalue weighted by atomic mass is 10.3. The fourth-order valence-corrected chi connectivity index (χ4v) is 0.287. The highest BCUT2D eigenvalue weighted by molar-refractivity contribution is 5.72. The van der Waals surface area contributed by atoms with E-state index < -0.39 is 0 Å². The first-order valence-corrected chi connectivity index (χ1v) is 2.36. The van der Waals surface area contributed by atoms with Crippen molar-refractivity contribution in [3.63, 3.8) is 0 Å². The highest BCUT2D eigenvalue weighted by Gasteiger charge is 1.96. The molecule has 0 aliphatic carbocycles. The highest BCUT2D eigenvalue weighted by Crippen LogP contribution is 2.00. The molecule has 9 heavy (non-hydrogen) atoms. The van der Waals surface area contributed by atoms with E-state index in [0.29, 0.717) is 11.9 Å². The van der Waals surface area contributed by atoms with Gasteiger partial charge in [0.1, 0.15) is 0 Å². The molecule has 1 N–H and O–H groups in total. The molecule has 0 aliphatic heterocycles. The molecule has 0 rings (SSSR count). The van der Waals surface area contributed by atoms with Gasteiger partial charge in [-0.1, -0.05) is 12.7 Å². The van der Waals surface area contributed by atoms with Gasteiger partial charge in [-0.05, 0) is 12.5 Å². The van der Waals surface area contributed by atoms with Crippen LogP contribution < -0.4 is 0 Å². The number of hydrogen-bond donors (Lipinski definition) is 1. The Hall–Kier alpha value is -1.09. The van der Waals surface area contributed by atoms with Crippen LogP contribution in [-0.2, 0) is 9.68 Å². The number of carbonyl (C=O) groups is 1. The summed E-state index contributed by atoms with van der Waals surface area (Å²) in [5.74, 6) is -0.106. The molecule has 0 saturated carbocycles. The van der Waals surface area contributed by atoms with Crippen LogP contribution in [0.15, 0.2) is 24.0 Å². The summed E-state index contributed by atoms with van der Waals surface area (Å²) in [7, 11) is 0. The summed E-state index contributed by atoms with van der Waals surface area (Å²) in [5, 5.41) is 7.99. The average molecular weight is 128 g/mol. The largest absolute Gasteiger partial charge is 0.336 e. The van der Waals surface area contributed by atoms with Crippen molar-refractivity contribution in [1.82, 2.24) is 0 Å². The zero-order chi connectivity index (χ0) is 7.28. The second-order valence-corrected chi connectivity index (χ2v) is 1.46. The summed E-state index contributed by atoms with van der Waals surface area (Å²) in [6.45, 7) is 4.97. The zero-order valence-electron chi connectivity index (χ0n) is 5.13. The van der Waals surface area contributed by atoms with Crippen molar-refractivity contribution >= 4 is 6.29 Å². The topological polar surface area (TPSA) is 46.5 Å². The number of allylic oxidation sites excluding steroid dienone is 3. The average Bonchev–Trinajstić information content (AvgIpc) is 1.90. The second kappa shape index (κ2) is 3.86. The lowest BCUT2D eigenvalue weighted by Crippen LogP contribution is -1.90. The summed E-state index contributed by atoms with van der Waals surface area (Å²) >= 11 is 0. The van der Waals surface area contributed by atoms with Crippen molar-refractivity contribution in [3.8, 4) is 0 Å². The maximum atomic E-state index is 9.95. The van der Waals surface area contributed by atoms with Crippen LogP contribution in [0.5, 0.6) is 0 Å². The molecule has 0 aliphatic rings. The third-order valence-electron chi connectivity index (χ3n) is 0.900. The third kappa shape index (κ3) is 2.10. The van der Waals surface area contributed by atoms with E-state index in [1.165, 1.54) is 6.08 Å². The van der Waals surface area contributed by atoms with Crippen molar-refractivity contribution < 1.29 is 14.9 Å². The van der Waals surface area contributed by atoms with Gasteiger partial charge in [0.2, 0.25) is 5.76 Å². The maximum Gasteiger partial charge on any atom is 0.207 e. The van der Waals surface area contributed by atoms with Crippen molar-refractivity contribution in [2.24, 2.45) is 0 Å². The van der Waals surface area contributed by atoms with Crippen LogP contribution in [0.3, 0.4) is 0 Å². The molecule has 0 atom stereocenters. The Labute approximate surface area is 53.2 Å². The molecular weight excluding hydrogens is 120 g/mol. The molecule has 0 aromatic rings. The number of hydrogen-bond acceptors (Lipinski definition) is 3. The molecule has 0 bridgehead atoms. The molecule has 0 unspecified atom stereocenters. The van der Waals surface area contributed by atoms with E-state index in [9.17, 15) is 4.79 Å². The fraction of sp³-hybridized carbons (Fsp3) is 0.167. The monoisotopic (exact) mass is 128 g/mol. The van der Waals surface area contributed by atoms with E-state index in [1.807, 2.05) is 0 Å². The van der Waals surface area contributed by atoms with E-state index in [-0.39, 0.29) is 5.76 Å². The summed E-state index contributed by atoms with van der Waals surface area (Å²) in [6, 6.07) is 0. The van der Waals surface area contributed by atoms with Crippen molar-refractivity contribution in [2.45, 2.75) is 6.92 Å². The molecule has 3 nitrogen and oxygen atoms in total. The molecule has 3 heteroatoms. The van der Waals surface area contributed by atoms with Crippen LogP contribution in [0.2, 0.25) is 0 Å². The molecule has 0 aromatic carbocycles. The van der Waals surface area contributed by atoms with E-state index >= 15 is 0 Å². The Morgan fingerprint density at radius 3 is 2.44 bits per heavy atom. The van der Waals surface area contributed by atoms with E-state index in [1.54, 1.807) is 6.92 Å². The van der Waals surface area contributed by atoms with Gasteiger partial charge in [-0.3, -0.25) is 4.79 Å². The van der Waals surface area contributed by atoms with E-state index in [0.717, 1.165) is 0 Å². The van der Waals surface area contributed by atoms with Gasteiger partial charge in [0, 0.05) is 0 Å². The van der Waals surface area contributed by atoms with Crippen molar-refractivity contribution in [1.29, 1.82) is 0 Å². The van der Waals surface area contributed by atoms with Crippen molar-refractivity contribution in [3.05, 3.63) is 24.0 Å². The van der Waals surface area contributed by atoms with E-state index in [4.69, 9.17) is 5.26 Å². The Bertz CT molecular complexity index is 146. The maximum absolute atomic E-state index is 9.95. The van der Waals surface area contributed by atoms with Gasteiger partial charge < -0.3 is 4.89 Å². The summed E-state index contributed by atoms with van der Waals surface area (Å²) in [5.41, 5.74) is 0.507. The van der Waals surface area contributed by atoms with Gasteiger partial charge in [-0.2, -0.15) is 0 Å². The van der Waals surface area contributed by atoms with Gasteiger partial charge in [0.15, 0.2) is 6.29 Å². The predicted octanol–water partition coefficient (Wildman–Crippen LogP) is 1.13. The van der Waals surface area contributed by atoms with Gasteiger partial charge in [0.25, 0.3) is 0 Å². The van der Waals surface area contributed by atoms with Crippen LogP contribution in [0.25, 0.3) is 0 Å². The number of carbonyl (C=O) groups excluding carboxylic acids is 1. The lowest BCUT2D eigenvalue weighted by molar-refractivity contribution is -0.202. The second-order valence-electron chi connectivity index (χ2n) is 1.46. The Morgan fingerprint density at radius 2 is 2.33 bits per heavy atom. The fourth-order valence-electron chi connectivity index (χ4n) is 0.287. The van der Waals surface area contributed by atoms with Crippen LogP contribution in [0.4, 0.5) is 0 Å². The first kappa shape index (κ1) is 7.91. The van der Waals surface area contributed by atoms with Gasteiger partial charge in [0.05, 0.1) is 0 Å². The van der Waals surface area contributed by atoms with Crippen LogP contribution in [-0.4, -0.2) is 11.5 Å². The Morgan fingerprint density at radius 1 is 1.78 bits per heavy atom. The minimum Gasteiger partial charge on any atom is -0.336 e. The summed E-state index contributed by atoms with van der Waals surface area (Å²) < 4.78 is 0. The number of rotatable bonds is 3. The van der Waals surface area contributed by atoms with Gasteiger partial charge >= 0.3 is 0 Å². The predicted molar refractivity (Wildman–Crippen MR) is 32.7 cm³/mol. The third-order valence-corrected chi connectivity index (χ3v) is 0.900. The lowest BCUT2D eigenvalue weighted by Gasteiger charge is -1.94. The standard InChI is InChI=1S/C6H8O3/c1-3-5(2)6(4-7)9-8/h3-4,8H,1H2,2H3/b6-5-. The van der Waals surface area contributed by atoms with E-state index in [2.05, 4.69) is 11.5 Å². The summed E-state index contributed by atoms with van der Waals surface area (Å²) in [6.07, 6.45) is 1.83. The molecule has 0 fully saturated rings. The molecule has 0 spiro atoms. The van der Waals surface area contributed by atoms with Crippen LogP contribution >= 0.6 is 0 Å². The molecule has 0 amide bonds. The Balaban J connectivity index is 4.36. The minimum atomic E-state index is -0.106. The highest BCUT2D eigenvalue weighted by atomic mass is 17.1. The SMILES string of the molecule is C=C/C(C)=C(/C=O)OO. The summed E-state index contributed by atoms with van der Waals surface area (Å²) in [4.78, 5) is 13.6.